The number of amides is 1. The lowest BCUT2D eigenvalue weighted by Crippen LogP contribution is -2.22. The maximum atomic E-state index is 12.1. The van der Waals surface area contributed by atoms with Gasteiger partial charge in [0.2, 0.25) is 5.91 Å². The lowest BCUT2D eigenvalue weighted by molar-refractivity contribution is -0.116. The van der Waals surface area contributed by atoms with E-state index in [0.29, 0.717) is 19.5 Å². The predicted octanol–water partition coefficient (Wildman–Crippen LogP) is 3.41. The van der Waals surface area contributed by atoms with E-state index in [4.69, 9.17) is 4.74 Å². The summed E-state index contributed by atoms with van der Waals surface area (Å²) in [4.78, 5) is 14.5. The number of carbonyl (C=O) groups is 1. The number of para-hydroxylation sites is 1. The van der Waals surface area contributed by atoms with Crippen LogP contribution in [0.25, 0.3) is 0 Å². The number of hydrogen-bond donors (Lipinski definition) is 2. The Morgan fingerprint density at radius 3 is 2.54 bits per heavy atom. The van der Waals surface area contributed by atoms with Crippen LogP contribution < -0.4 is 20.3 Å². The van der Waals surface area contributed by atoms with Crippen molar-refractivity contribution in [2.24, 2.45) is 0 Å². The van der Waals surface area contributed by atoms with Gasteiger partial charge in [0, 0.05) is 49.5 Å². The number of hydrogen-bond acceptors (Lipinski definition) is 4. The summed E-state index contributed by atoms with van der Waals surface area (Å²) in [6.07, 6.45) is 2.96. The van der Waals surface area contributed by atoms with Crippen LogP contribution in [0.4, 0.5) is 11.4 Å². The maximum absolute atomic E-state index is 12.1. The molecule has 0 bridgehead atoms. The molecule has 1 fully saturated rings. The molecule has 26 heavy (non-hydrogen) atoms. The Morgan fingerprint density at radius 1 is 1.08 bits per heavy atom. The third kappa shape index (κ3) is 4.99. The minimum atomic E-state index is 0.0199. The summed E-state index contributed by atoms with van der Waals surface area (Å²) in [5, 5.41) is 6.25. The van der Waals surface area contributed by atoms with E-state index >= 15 is 0 Å². The molecular weight excluding hydrogens is 326 g/mol. The fourth-order valence-corrected chi connectivity index (χ4v) is 3.23. The lowest BCUT2D eigenvalue weighted by atomic mass is 10.2. The van der Waals surface area contributed by atoms with Gasteiger partial charge in [0.25, 0.3) is 0 Å². The second-order valence-electron chi connectivity index (χ2n) is 6.53. The first-order valence-corrected chi connectivity index (χ1v) is 9.24. The Hall–Kier alpha value is -2.53. The molecule has 0 unspecified atom stereocenters. The van der Waals surface area contributed by atoms with Crippen LogP contribution in [0.1, 0.15) is 24.8 Å². The molecule has 0 atom stereocenters. The van der Waals surface area contributed by atoms with Crippen molar-refractivity contribution in [2.75, 3.05) is 37.0 Å². The minimum Gasteiger partial charge on any atom is -0.496 e. The molecule has 0 aromatic heterocycles. The van der Waals surface area contributed by atoms with Gasteiger partial charge in [-0.3, -0.25) is 4.79 Å². The highest BCUT2D eigenvalue weighted by atomic mass is 16.5. The molecule has 0 aliphatic carbocycles. The third-order valence-corrected chi connectivity index (χ3v) is 4.66. The number of nitrogens with zero attached hydrogens (tertiary/aromatic N) is 1. The Kier molecular flexibility index (Phi) is 6.50. The highest BCUT2D eigenvalue weighted by Crippen LogP contribution is 2.22. The molecule has 5 nitrogen and oxygen atoms in total. The van der Waals surface area contributed by atoms with Gasteiger partial charge in [-0.15, -0.1) is 0 Å². The number of anilines is 2. The highest BCUT2D eigenvalue weighted by molar-refractivity contribution is 5.91. The molecule has 3 rings (SSSR count). The largest absolute Gasteiger partial charge is 0.496 e. The average Bonchev–Trinajstić information content (AvgIpc) is 3.21. The highest BCUT2D eigenvalue weighted by Gasteiger charge is 2.12. The van der Waals surface area contributed by atoms with Crippen LogP contribution in [0.3, 0.4) is 0 Å². The predicted molar refractivity (Wildman–Crippen MR) is 106 cm³/mol. The van der Waals surface area contributed by atoms with Gasteiger partial charge in [0.15, 0.2) is 0 Å². The zero-order valence-electron chi connectivity index (χ0n) is 15.3. The van der Waals surface area contributed by atoms with Crippen LogP contribution >= 0.6 is 0 Å². The van der Waals surface area contributed by atoms with E-state index in [9.17, 15) is 4.79 Å². The molecule has 2 aromatic carbocycles. The van der Waals surface area contributed by atoms with Crippen molar-refractivity contribution >= 4 is 17.3 Å². The zero-order valence-corrected chi connectivity index (χ0v) is 15.3. The van der Waals surface area contributed by atoms with Crippen LogP contribution in [0, 0.1) is 0 Å². The number of benzene rings is 2. The minimum absolute atomic E-state index is 0.0199. The summed E-state index contributed by atoms with van der Waals surface area (Å²) in [5.74, 6) is 0.883. The van der Waals surface area contributed by atoms with E-state index in [0.717, 1.165) is 30.1 Å². The maximum Gasteiger partial charge on any atom is 0.225 e. The van der Waals surface area contributed by atoms with E-state index in [-0.39, 0.29) is 5.91 Å². The SMILES string of the molecule is COc1ccccc1CNCCC(=O)Nc1ccc(N2CCCC2)cc1. The summed E-state index contributed by atoms with van der Waals surface area (Å²) in [5.41, 5.74) is 3.18. The molecule has 2 aromatic rings. The van der Waals surface area contributed by atoms with E-state index in [1.807, 2.05) is 36.4 Å². The topological polar surface area (TPSA) is 53.6 Å². The molecule has 138 valence electrons. The molecule has 1 aliphatic rings. The van der Waals surface area contributed by atoms with Crippen LogP contribution in [-0.2, 0) is 11.3 Å². The number of carbonyl (C=O) groups excluding carboxylic acids is 1. The standard InChI is InChI=1S/C21H27N3O2/c1-26-20-7-3-2-6-17(20)16-22-13-12-21(25)23-18-8-10-19(11-9-18)24-14-4-5-15-24/h2-3,6-11,22H,4-5,12-16H2,1H3,(H,23,25). The number of ether oxygens (including phenoxy) is 1. The van der Waals surface area contributed by atoms with Crippen molar-refractivity contribution in [3.63, 3.8) is 0 Å². The second kappa shape index (κ2) is 9.25. The van der Waals surface area contributed by atoms with Gasteiger partial charge in [-0.1, -0.05) is 18.2 Å². The third-order valence-electron chi connectivity index (χ3n) is 4.66. The van der Waals surface area contributed by atoms with E-state index in [1.165, 1.54) is 18.5 Å². The van der Waals surface area contributed by atoms with Gasteiger partial charge in [-0.2, -0.15) is 0 Å². The number of nitrogens with one attached hydrogen (secondary N) is 2. The zero-order chi connectivity index (χ0) is 18.2. The lowest BCUT2D eigenvalue weighted by Gasteiger charge is -2.17. The normalized spacial score (nSPS) is 13.7. The first-order chi connectivity index (χ1) is 12.8. The quantitative estimate of drug-likeness (QED) is 0.714. The van der Waals surface area contributed by atoms with Gasteiger partial charge in [0.1, 0.15) is 5.75 Å². The Balaban J connectivity index is 1.40. The van der Waals surface area contributed by atoms with Crippen molar-refractivity contribution < 1.29 is 9.53 Å². The van der Waals surface area contributed by atoms with Crippen molar-refractivity contribution in [2.45, 2.75) is 25.8 Å². The molecule has 1 aliphatic heterocycles. The van der Waals surface area contributed by atoms with Crippen LogP contribution in [0.5, 0.6) is 5.75 Å². The van der Waals surface area contributed by atoms with Crippen molar-refractivity contribution in [3.8, 4) is 5.75 Å². The van der Waals surface area contributed by atoms with Gasteiger partial charge in [-0.05, 0) is 43.2 Å². The average molecular weight is 353 g/mol. The molecular formula is C21H27N3O2. The Morgan fingerprint density at radius 2 is 1.81 bits per heavy atom. The number of methoxy groups -OCH3 is 1. The van der Waals surface area contributed by atoms with Crippen molar-refractivity contribution in [1.82, 2.24) is 5.32 Å². The first kappa shape index (κ1) is 18.3. The molecule has 2 N–H and O–H groups in total. The summed E-state index contributed by atoms with van der Waals surface area (Å²) < 4.78 is 5.33. The first-order valence-electron chi connectivity index (χ1n) is 9.24. The van der Waals surface area contributed by atoms with E-state index in [1.54, 1.807) is 7.11 Å². The summed E-state index contributed by atoms with van der Waals surface area (Å²) in [7, 11) is 1.67. The van der Waals surface area contributed by atoms with Gasteiger partial charge < -0.3 is 20.3 Å². The molecule has 0 radical (unpaired) electrons. The van der Waals surface area contributed by atoms with Crippen molar-refractivity contribution in [3.05, 3.63) is 54.1 Å². The molecule has 0 saturated carbocycles. The monoisotopic (exact) mass is 353 g/mol. The Bertz CT molecular complexity index is 709. The van der Waals surface area contributed by atoms with E-state index in [2.05, 4.69) is 27.7 Å². The fourth-order valence-electron chi connectivity index (χ4n) is 3.23. The van der Waals surface area contributed by atoms with Gasteiger partial charge in [0.05, 0.1) is 7.11 Å². The van der Waals surface area contributed by atoms with Gasteiger partial charge in [-0.25, -0.2) is 0 Å². The molecule has 1 amide bonds. The van der Waals surface area contributed by atoms with Crippen molar-refractivity contribution in [1.29, 1.82) is 0 Å². The molecule has 5 heteroatoms. The second-order valence-corrected chi connectivity index (χ2v) is 6.53. The van der Waals surface area contributed by atoms with Crippen LogP contribution in [0.2, 0.25) is 0 Å². The smallest absolute Gasteiger partial charge is 0.225 e. The number of rotatable bonds is 8. The molecule has 1 saturated heterocycles. The van der Waals surface area contributed by atoms with Gasteiger partial charge >= 0.3 is 0 Å². The molecule has 1 heterocycles. The van der Waals surface area contributed by atoms with Crippen LogP contribution in [-0.4, -0.2) is 32.7 Å². The molecule has 0 spiro atoms. The summed E-state index contributed by atoms with van der Waals surface area (Å²) >= 11 is 0. The van der Waals surface area contributed by atoms with E-state index < -0.39 is 0 Å². The Labute approximate surface area is 155 Å². The summed E-state index contributed by atoms with van der Waals surface area (Å²) in [6, 6.07) is 16.0. The fraction of sp³-hybridized carbons (Fsp3) is 0.381. The van der Waals surface area contributed by atoms with Crippen LogP contribution in [0.15, 0.2) is 48.5 Å². The summed E-state index contributed by atoms with van der Waals surface area (Å²) in [6.45, 7) is 3.56.